The second-order valence-corrected chi connectivity index (χ2v) is 8.36. The third kappa shape index (κ3) is 5.63. The highest BCUT2D eigenvalue weighted by atomic mass is 32.2. The Morgan fingerprint density at radius 3 is 2.19 bits per heavy atom. The van der Waals surface area contributed by atoms with E-state index in [0.717, 1.165) is 6.07 Å². The minimum absolute atomic E-state index is 0.0945. The first-order valence-electron chi connectivity index (χ1n) is 7.14. The average molecular weight is 401 g/mol. The number of benzene rings is 1. The molecule has 0 fully saturated rings. The molecule has 0 radical (unpaired) electrons. The monoisotopic (exact) mass is 401 g/mol. The predicted molar refractivity (Wildman–Crippen MR) is 97.3 cm³/mol. The van der Waals surface area contributed by atoms with Crippen LogP contribution in [-0.4, -0.2) is 31.8 Å². The Labute approximate surface area is 152 Å². The number of amides is 1. The highest BCUT2D eigenvalue weighted by Crippen LogP contribution is 2.20. The Morgan fingerprint density at radius 1 is 1.19 bits per heavy atom. The summed E-state index contributed by atoms with van der Waals surface area (Å²) in [5, 5.41) is 1.42. The van der Waals surface area contributed by atoms with E-state index in [4.69, 9.17) is 9.11 Å². The summed E-state index contributed by atoms with van der Waals surface area (Å²) >= 11 is 0. The van der Waals surface area contributed by atoms with Crippen molar-refractivity contribution in [3.8, 4) is 0 Å². The SMILES string of the molecule is C=Cc1ccc(S(=O)(=O)O)cc1CC(=C)C(=O)NC(=C(C)C)S(=O)(=O)O. The van der Waals surface area contributed by atoms with Gasteiger partial charge in [-0.25, -0.2) is 0 Å². The van der Waals surface area contributed by atoms with Gasteiger partial charge in [0.15, 0.2) is 5.03 Å². The van der Waals surface area contributed by atoms with Crippen LogP contribution in [0.25, 0.3) is 6.08 Å². The van der Waals surface area contributed by atoms with Gasteiger partial charge in [-0.2, -0.15) is 16.8 Å². The Kier molecular flexibility index (Phi) is 6.66. The highest BCUT2D eigenvalue weighted by Gasteiger charge is 2.21. The van der Waals surface area contributed by atoms with Crippen molar-refractivity contribution in [2.24, 2.45) is 0 Å². The summed E-state index contributed by atoms with van der Waals surface area (Å²) in [4.78, 5) is 11.8. The molecule has 142 valence electrons. The molecule has 0 bridgehead atoms. The van der Waals surface area contributed by atoms with E-state index in [0.29, 0.717) is 11.1 Å². The summed E-state index contributed by atoms with van der Waals surface area (Å²) in [6, 6.07) is 3.74. The van der Waals surface area contributed by atoms with Gasteiger partial charge < -0.3 is 5.32 Å². The van der Waals surface area contributed by atoms with E-state index < -0.39 is 31.2 Å². The molecule has 1 amide bonds. The van der Waals surface area contributed by atoms with Crippen molar-refractivity contribution >= 4 is 32.2 Å². The standard InChI is InChI=1S/C16H19NO7S2/c1-5-12-6-7-14(25(19,20)21)9-13(12)8-11(4)15(18)17-16(10(2)3)26(22,23)24/h5-7,9H,1,4,8H2,2-3H3,(H,17,18)(H,19,20,21)(H,22,23,24). The largest absolute Gasteiger partial charge is 0.311 e. The van der Waals surface area contributed by atoms with Gasteiger partial charge in [0.25, 0.3) is 16.0 Å². The Balaban J connectivity index is 3.16. The second kappa shape index (κ2) is 7.96. The third-order valence-corrected chi connectivity index (χ3v) is 5.17. The van der Waals surface area contributed by atoms with Gasteiger partial charge in [0.05, 0.1) is 4.90 Å². The number of carbonyl (C=O) groups is 1. The van der Waals surface area contributed by atoms with Crippen molar-refractivity contribution in [3.63, 3.8) is 0 Å². The first-order valence-corrected chi connectivity index (χ1v) is 10.0. The summed E-state index contributed by atoms with van der Waals surface area (Å²) in [5.41, 5.74) is 0.904. The fraction of sp³-hybridized carbons (Fsp3) is 0.188. The molecule has 1 aromatic carbocycles. The average Bonchev–Trinajstić information content (AvgIpc) is 2.49. The molecule has 3 N–H and O–H groups in total. The van der Waals surface area contributed by atoms with E-state index in [9.17, 15) is 21.6 Å². The van der Waals surface area contributed by atoms with Crippen molar-refractivity contribution in [1.82, 2.24) is 5.32 Å². The molecule has 0 spiro atoms. The van der Waals surface area contributed by atoms with E-state index in [2.05, 4.69) is 18.5 Å². The second-order valence-electron chi connectivity index (χ2n) is 5.58. The number of carbonyl (C=O) groups excluding carboxylic acids is 1. The molecule has 0 aliphatic rings. The molecule has 10 heteroatoms. The lowest BCUT2D eigenvalue weighted by atomic mass is 10.00. The highest BCUT2D eigenvalue weighted by molar-refractivity contribution is 7.89. The van der Waals surface area contributed by atoms with Gasteiger partial charge in [-0.1, -0.05) is 25.3 Å². The first kappa shape index (κ1) is 21.8. The summed E-state index contributed by atoms with van der Waals surface area (Å²) in [5.74, 6) is -0.869. The maximum absolute atomic E-state index is 12.2. The molecule has 26 heavy (non-hydrogen) atoms. The molecule has 0 aliphatic carbocycles. The molecule has 0 atom stereocenters. The molecular weight excluding hydrogens is 382 g/mol. The zero-order chi connectivity index (χ0) is 20.3. The quantitative estimate of drug-likeness (QED) is 0.469. The predicted octanol–water partition coefficient (Wildman–Crippen LogP) is 1.93. The fourth-order valence-electron chi connectivity index (χ4n) is 2.04. The Bertz CT molecular complexity index is 999. The van der Waals surface area contributed by atoms with Gasteiger partial charge in [-0.15, -0.1) is 0 Å². The summed E-state index contributed by atoms with van der Waals surface area (Å²) in [7, 11) is -9.07. The maximum Gasteiger partial charge on any atom is 0.310 e. The van der Waals surface area contributed by atoms with Gasteiger partial charge in [0.1, 0.15) is 0 Å². The topological polar surface area (TPSA) is 138 Å². The van der Waals surface area contributed by atoms with E-state index in [-0.39, 0.29) is 22.5 Å². The van der Waals surface area contributed by atoms with Gasteiger partial charge in [-0.3, -0.25) is 13.9 Å². The van der Waals surface area contributed by atoms with Crippen LogP contribution >= 0.6 is 0 Å². The molecule has 0 aliphatic heterocycles. The van der Waals surface area contributed by atoms with Crippen LogP contribution in [-0.2, 0) is 31.5 Å². The van der Waals surface area contributed by atoms with E-state index in [1.807, 2.05) is 0 Å². The van der Waals surface area contributed by atoms with Crippen molar-refractivity contribution in [3.05, 3.63) is 58.7 Å². The normalized spacial score (nSPS) is 11.5. The number of hydrogen-bond donors (Lipinski definition) is 3. The van der Waals surface area contributed by atoms with Crippen LogP contribution in [0.4, 0.5) is 0 Å². The minimum atomic E-state index is -4.63. The fourth-order valence-corrected chi connectivity index (χ4v) is 3.31. The summed E-state index contributed by atoms with van der Waals surface area (Å²) in [6.45, 7) is 9.90. The van der Waals surface area contributed by atoms with Gasteiger partial charge in [0, 0.05) is 12.0 Å². The molecule has 0 saturated heterocycles. The molecule has 0 saturated carbocycles. The van der Waals surface area contributed by atoms with Crippen LogP contribution in [0, 0.1) is 0 Å². The third-order valence-electron chi connectivity index (χ3n) is 3.30. The molecular formula is C16H19NO7S2. The zero-order valence-electron chi connectivity index (χ0n) is 14.2. The van der Waals surface area contributed by atoms with Crippen molar-refractivity contribution < 1.29 is 30.7 Å². The van der Waals surface area contributed by atoms with Gasteiger partial charge in [0.2, 0.25) is 0 Å². The number of hydrogen-bond acceptors (Lipinski definition) is 5. The van der Waals surface area contributed by atoms with Crippen LogP contribution in [0.1, 0.15) is 25.0 Å². The van der Waals surface area contributed by atoms with Gasteiger partial charge in [-0.05, 0) is 42.7 Å². The molecule has 0 heterocycles. The summed E-state index contributed by atoms with van der Waals surface area (Å²) < 4.78 is 63.4. The van der Waals surface area contributed by atoms with Crippen LogP contribution < -0.4 is 5.32 Å². The molecule has 8 nitrogen and oxygen atoms in total. The minimum Gasteiger partial charge on any atom is -0.311 e. The number of nitrogens with one attached hydrogen (secondary N) is 1. The smallest absolute Gasteiger partial charge is 0.310 e. The molecule has 1 aromatic rings. The van der Waals surface area contributed by atoms with Crippen LogP contribution in [0.5, 0.6) is 0 Å². The van der Waals surface area contributed by atoms with Crippen molar-refractivity contribution in [1.29, 1.82) is 0 Å². The van der Waals surface area contributed by atoms with E-state index in [1.54, 1.807) is 0 Å². The van der Waals surface area contributed by atoms with E-state index in [1.165, 1.54) is 32.1 Å². The lowest BCUT2D eigenvalue weighted by molar-refractivity contribution is -0.116. The molecule has 0 aromatic heterocycles. The Hall–Kier alpha value is -2.27. The van der Waals surface area contributed by atoms with Crippen LogP contribution in [0.2, 0.25) is 0 Å². The lowest BCUT2D eigenvalue weighted by Crippen LogP contribution is -2.29. The molecule has 1 rings (SSSR count). The van der Waals surface area contributed by atoms with Crippen molar-refractivity contribution in [2.45, 2.75) is 25.2 Å². The Morgan fingerprint density at radius 2 is 1.77 bits per heavy atom. The van der Waals surface area contributed by atoms with E-state index >= 15 is 0 Å². The first-order chi connectivity index (χ1) is 11.8. The lowest BCUT2D eigenvalue weighted by Gasteiger charge is -2.12. The number of rotatable bonds is 7. The van der Waals surface area contributed by atoms with Gasteiger partial charge >= 0.3 is 10.1 Å². The van der Waals surface area contributed by atoms with Crippen LogP contribution in [0.3, 0.4) is 0 Å². The zero-order valence-corrected chi connectivity index (χ0v) is 15.8. The molecule has 0 unspecified atom stereocenters. The maximum atomic E-state index is 12.2. The van der Waals surface area contributed by atoms with Crippen molar-refractivity contribution in [2.75, 3.05) is 0 Å². The number of allylic oxidation sites excluding steroid dienone is 1. The summed E-state index contributed by atoms with van der Waals surface area (Å²) in [6.07, 6.45) is 1.28. The van der Waals surface area contributed by atoms with Crippen LogP contribution in [0.15, 0.2) is 52.4 Å².